The normalized spacial score (nSPS) is 12.9. The molecule has 0 amide bonds. The third-order valence-corrected chi connectivity index (χ3v) is 4.01. The summed E-state index contributed by atoms with van der Waals surface area (Å²) in [5.41, 5.74) is 1.08. The number of hydrogen-bond acceptors (Lipinski definition) is 3. The molecule has 0 aliphatic heterocycles. The minimum absolute atomic E-state index is 0.170. The van der Waals surface area contributed by atoms with Gasteiger partial charge >= 0.3 is 0 Å². The summed E-state index contributed by atoms with van der Waals surface area (Å²) in [5, 5.41) is 4.41. The largest absolute Gasteiger partial charge is 0.303 e. The molecule has 0 saturated heterocycles. The monoisotopic (exact) mass is 298 g/mol. The van der Waals surface area contributed by atoms with Crippen molar-refractivity contribution in [2.45, 2.75) is 26.4 Å². The van der Waals surface area contributed by atoms with E-state index >= 15 is 0 Å². The van der Waals surface area contributed by atoms with Crippen LogP contribution in [0.15, 0.2) is 30.5 Å². The lowest BCUT2D eigenvalue weighted by molar-refractivity contribution is 0.410. The third-order valence-electron chi connectivity index (χ3n) is 2.89. The summed E-state index contributed by atoms with van der Waals surface area (Å²) >= 11 is 7.33. The fourth-order valence-corrected chi connectivity index (χ4v) is 2.88. The second kappa shape index (κ2) is 6.46. The van der Waals surface area contributed by atoms with Gasteiger partial charge in [-0.1, -0.05) is 37.6 Å². The highest BCUT2D eigenvalue weighted by Crippen LogP contribution is 2.24. The Hall–Kier alpha value is -0.970. The van der Waals surface area contributed by atoms with Gasteiger partial charge in [0.1, 0.15) is 15.2 Å². The standard InChI is InChI=1S/C14H16ClFN2S/c1-9(2)14(10-3-5-11(16)6-4-10)18-8-13-17-7-12(15)19-13/h3-7,9,14,18H,8H2,1-2H3. The van der Waals surface area contributed by atoms with Gasteiger partial charge in [0.15, 0.2) is 0 Å². The summed E-state index contributed by atoms with van der Waals surface area (Å²) in [7, 11) is 0. The molecule has 2 rings (SSSR count). The van der Waals surface area contributed by atoms with E-state index in [1.54, 1.807) is 6.20 Å². The van der Waals surface area contributed by atoms with Crippen molar-refractivity contribution in [1.82, 2.24) is 10.3 Å². The summed E-state index contributed by atoms with van der Waals surface area (Å²) in [4.78, 5) is 4.22. The van der Waals surface area contributed by atoms with E-state index in [1.807, 2.05) is 12.1 Å². The molecule has 1 N–H and O–H groups in total. The van der Waals surface area contributed by atoms with E-state index in [4.69, 9.17) is 11.6 Å². The van der Waals surface area contributed by atoms with Crippen LogP contribution in [0, 0.1) is 11.7 Å². The average molecular weight is 299 g/mol. The molecule has 102 valence electrons. The Morgan fingerprint density at radius 1 is 1.32 bits per heavy atom. The van der Waals surface area contributed by atoms with Crippen molar-refractivity contribution in [3.05, 3.63) is 51.2 Å². The molecule has 0 saturated carbocycles. The maximum atomic E-state index is 13.0. The van der Waals surface area contributed by atoms with Crippen LogP contribution in [-0.4, -0.2) is 4.98 Å². The van der Waals surface area contributed by atoms with E-state index in [2.05, 4.69) is 24.1 Å². The highest BCUT2D eigenvalue weighted by Gasteiger charge is 2.15. The zero-order chi connectivity index (χ0) is 13.8. The van der Waals surface area contributed by atoms with Crippen LogP contribution in [0.5, 0.6) is 0 Å². The number of aromatic nitrogens is 1. The van der Waals surface area contributed by atoms with Gasteiger partial charge in [0.2, 0.25) is 0 Å². The van der Waals surface area contributed by atoms with E-state index in [9.17, 15) is 4.39 Å². The Kier molecular flexibility index (Phi) is 4.91. The summed E-state index contributed by atoms with van der Waals surface area (Å²) in [6, 6.07) is 6.80. The first kappa shape index (κ1) is 14.4. The molecular formula is C14H16ClFN2S. The summed E-state index contributed by atoms with van der Waals surface area (Å²) in [6.07, 6.45) is 1.66. The lowest BCUT2D eigenvalue weighted by Crippen LogP contribution is -2.25. The fraction of sp³-hybridized carbons (Fsp3) is 0.357. The van der Waals surface area contributed by atoms with Gasteiger partial charge in [-0.25, -0.2) is 9.37 Å². The zero-order valence-electron chi connectivity index (χ0n) is 10.9. The first-order valence-corrected chi connectivity index (χ1v) is 7.35. The smallest absolute Gasteiger partial charge is 0.123 e. The van der Waals surface area contributed by atoms with Crippen molar-refractivity contribution < 1.29 is 4.39 Å². The Balaban J connectivity index is 2.06. The van der Waals surface area contributed by atoms with E-state index in [0.717, 1.165) is 10.6 Å². The Morgan fingerprint density at radius 3 is 2.53 bits per heavy atom. The molecule has 1 unspecified atom stereocenters. The van der Waals surface area contributed by atoms with Crippen LogP contribution >= 0.6 is 22.9 Å². The number of rotatable bonds is 5. The van der Waals surface area contributed by atoms with Crippen LogP contribution in [0.2, 0.25) is 4.34 Å². The van der Waals surface area contributed by atoms with Gasteiger partial charge in [-0.2, -0.15) is 0 Å². The van der Waals surface area contributed by atoms with Gasteiger partial charge in [-0.05, 0) is 23.6 Å². The summed E-state index contributed by atoms with van der Waals surface area (Å²) in [5.74, 6) is 0.193. The molecule has 2 nitrogen and oxygen atoms in total. The molecule has 0 spiro atoms. The van der Waals surface area contributed by atoms with Gasteiger partial charge in [-0.15, -0.1) is 11.3 Å². The summed E-state index contributed by atoms with van der Waals surface area (Å²) in [6.45, 7) is 4.93. The molecule has 0 aliphatic rings. The van der Waals surface area contributed by atoms with Gasteiger partial charge in [0, 0.05) is 12.6 Å². The topological polar surface area (TPSA) is 24.9 Å². The molecule has 0 fully saturated rings. The molecule has 2 aromatic rings. The lowest BCUT2D eigenvalue weighted by Gasteiger charge is -2.22. The molecule has 1 aromatic heterocycles. The number of nitrogens with one attached hydrogen (secondary N) is 1. The SMILES string of the molecule is CC(C)C(NCc1ncc(Cl)s1)c1ccc(F)cc1. The minimum Gasteiger partial charge on any atom is -0.303 e. The van der Waals surface area contributed by atoms with E-state index in [1.165, 1.54) is 23.5 Å². The number of halogens is 2. The van der Waals surface area contributed by atoms with Crippen LogP contribution in [0.3, 0.4) is 0 Å². The molecule has 1 heterocycles. The molecule has 19 heavy (non-hydrogen) atoms. The van der Waals surface area contributed by atoms with Gasteiger partial charge < -0.3 is 5.32 Å². The predicted molar refractivity (Wildman–Crippen MR) is 77.9 cm³/mol. The summed E-state index contributed by atoms with van der Waals surface area (Å²) < 4.78 is 13.7. The highest BCUT2D eigenvalue weighted by molar-refractivity contribution is 7.15. The Labute approximate surface area is 121 Å². The molecule has 0 bridgehead atoms. The molecule has 0 aliphatic carbocycles. The number of nitrogens with zero attached hydrogens (tertiary/aromatic N) is 1. The van der Waals surface area contributed by atoms with Gasteiger partial charge in [-0.3, -0.25) is 0 Å². The van der Waals surface area contributed by atoms with Crippen molar-refractivity contribution >= 4 is 22.9 Å². The first-order chi connectivity index (χ1) is 9.06. The number of hydrogen-bond donors (Lipinski definition) is 1. The molecular weight excluding hydrogens is 283 g/mol. The number of benzene rings is 1. The molecule has 5 heteroatoms. The van der Waals surface area contributed by atoms with Gasteiger partial charge in [0.05, 0.1) is 6.20 Å². The van der Waals surface area contributed by atoms with E-state index in [0.29, 0.717) is 16.8 Å². The van der Waals surface area contributed by atoms with Gasteiger partial charge in [0.25, 0.3) is 0 Å². The second-order valence-corrected chi connectivity index (χ2v) is 6.46. The zero-order valence-corrected chi connectivity index (χ0v) is 12.4. The maximum absolute atomic E-state index is 13.0. The van der Waals surface area contributed by atoms with Crippen molar-refractivity contribution in [2.75, 3.05) is 0 Å². The third kappa shape index (κ3) is 4.00. The van der Waals surface area contributed by atoms with Crippen molar-refractivity contribution in [2.24, 2.45) is 5.92 Å². The maximum Gasteiger partial charge on any atom is 0.123 e. The fourth-order valence-electron chi connectivity index (χ4n) is 1.98. The van der Waals surface area contributed by atoms with Crippen LogP contribution in [0.4, 0.5) is 4.39 Å². The van der Waals surface area contributed by atoms with Crippen LogP contribution in [-0.2, 0) is 6.54 Å². The van der Waals surface area contributed by atoms with E-state index in [-0.39, 0.29) is 11.9 Å². The molecule has 1 atom stereocenters. The predicted octanol–water partition coefficient (Wildman–Crippen LogP) is 4.42. The number of thiazole rings is 1. The lowest BCUT2D eigenvalue weighted by atomic mass is 9.96. The van der Waals surface area contributed by atoms with Crippen LogP contribution in [0.25, 0.3) is 0 Å². The molecule has 0 radical (unpaired) electrons. The first-order valence-electron chi connectivity index (χ1n) is 6.15. The van der Waals surface area contributed by atoms with Crippen molar-refractivity contribution in [1.29, 1.82) is 0 Å². The van der Waals surface area contributed by atoms with Crippen LogP contribution in [0.1, 0.15) is 30.5 Å². The quantitative estimate of drug-likeness (QED) is 0.883. The average Bonchev–Trinajstić information content (AvgIpc) is 2.77. The Morgan fingerprint density at radius 2 is 2.00 bits per heavy atom. The second-order valence-electron chi connectivity index (χ2n) is 4.71. The Bertz CT molecular complexity index is 524. The van der Waals surface area contributed by atoms with E-state index < -0.39 is 0 Å². The van der Waals surface area contributed by atoms with Crippen molar-refractivity contribution in [3.63, 3.8) is 0 Å². The minimum atomic E-state index is -0.210. The van der Waals surface area contributed by atoms with Crippen molar-refractivity contribution in [3.8, 4) is 0 Å². The molecule has 1 aromatic carbocycles. The van der Waals surface area contributed by atoms with Crippen LogP contribution < -0.4 is 5.32 Å². The highest BCUT2D eigenvalue weighted by atomic mass is 35.5.